The fraction of sp³-hybridized carbons (Fsp3) is 0.857. The molecule has 0 saturated heterocycles. The van der Waals surface area contributed by atoms with Crippen LogP contribution >= 0.6 is 0 Å². The van der Waals surface area contributed by atoms with Crippen LogP contribution in [0.3, 0.4) is 0 Å². The lowest BCUT2D eigenvalue weighted by atomic mass is 10.2. The van der Waals surface area contributed by atoms with Crippen LogP contribution in [0.4, 0.5) is 0 Å². The minimum atomic E-state index is -0.426. The smallest absolute Gasteiger partial charge is 0.298 e. The molecule has 0 aromatic carbocycles. The van der Waals surface area contributed by atoms with Gasteiger partial charge in [0.1, 0.15) is 5.60 Å². The Bertz CT molecular complexity index is 102. The van der Waals surface area contributed by atoms with Gasteiger partial charge in [0.15, 0.2) is 0 Å². The average molecular weight is 148 g/mol. The molecule has 0 spiro atoms. The number of hydrogen-bond donors (Lipinski definition) is 0. The monoisotopic (exact) mass is 148 g/mol. The molecule has 0 heterocycles. The Hall–Kier alpha value is -0.570. The van der Waals surface area contributed by atoms with Gasteiger partial charge in [0.25, 0.3) is 0 Å². The molecule has 0 saturated carbocycles. The summed E-state index contributed by atoms with van der Waals surface area (Å²) in [7, 11) is 0. The maximum absolute atomic E-state index is 10.1. The van der Waals surface area contributed by atoms with Crippen LogP contribution in [0.1, 0.15) is 35.1 Å². The van der Waals surface area contributed by atoms with Gasteiger partial charge in [-0.05, 0) is 20.8 Å². The topological polar surface area (TPSA) is 35.5 Å². The Morgan fingerprint density at radius 2 is 1.70 bits per heavy atom. The van der Waals surface area contributed by atoms with Crippen LogP contribution in [0.5, 0.6) is 0 Å². The molecule has 0 unspecified atom stereocenters. The SMILES string of the molecule is C.CC(=O)OOC(C)(C)C. The van der Waals surface area contributed by atoms with Gasteiger partial charge >= 0.3 is 5.97 Å². The summed E-state index contributed by atoms with van der Waals surface area (Å²) in [5.74, 6) is -0.426. The van der Waals surface area contributed by atoms with Gasteiger partial charge in [-0.1, -0.05) is 7.43 Å². The van der Waals surface area contributed by atoms with Crippen molar-refractivity contribution in [2.24, 2.45) is 0 Å². The highest BCUT2D eigenvalue weighted by atomic mass is 17.2. The highest BCUT2D eigenvalue weighted by Crippen LogP contribution is 2.06. The summed E-state index contributed by atoms with van der Waals surface area (Å²) in [6, 6.07) is 0. The molecule has 0 radical (unpaired) electrons. The van der Waals surface area contributed by atoms with Crippen molar-refractivity contribution in [1.82, 2.24) is 0 Å². The third-order valence-corrected chi connectivity index (χ3v) is 0.409. The number of hydrogen-bond acceptors (Lipinski definition) is 3. The second kappa shape index (κ2) is 4.28. The first-order chi connectivity index (χ1) is 3.92. The summed E-state index contributed by atoms with van der Waals surface area (Å²) in [6.45, 7) is 6.70. The largest absolute Gasteiger partial charge is 0.339 e. The van der Waals surface area contributed by atoms with E-state index in [1.807, 2.05) is 0 Å². The third-order valence-electron chi connectivity index (χ3n) is 0.409. The summed E-state index contributed by atoms with van der Waals surface area (Å²) in [4.78, 5) is 19.1. The quantitative estimate of drug-likeness (QED) is 0.421. The van der Waals surface area contributed by atoms with E-state index in [0.717, 1.165) is 0 Å². The van der Waals surface area contributed by atoms with Crippen LogP contribution in [0.2, 0.25) is 0 Å². The van der Waals surface area contributed by atoms with E-state index in [0.29, 0.717) is 0 Å². The van der Waals surface area contributed by atoms with E-state index >= 15 is 0 Å². The standard InChI is InChI=1S/C6H12O3.CH4/c1-5(7)8-9-6(2,3)4;/h1-4H3;1H4. The van der Waals surface area contributed by atoms with Crippen LogP contribution in [0.25, 0.3) is 0 Å². The fourth-order valence-electron chi connectivity index (χ4n) is 0.184. The molecule has 10 heavy (non-hydrogen) atoms. The predicted molar refractivity (Wildman–Crippen MR) is 39.3 cm³/mol. The van der Waals surface area contributed by atoms with E-state index in [-0.39, 0.29) is 7.43 Å². The molecule has 0 aromatic heterocycles. The van der Waals surface area contributed by atoms with Crippen LogP contribution < -0.4 is 0 Å². The van der Waals surface area contributed by atoms with Crippen LogP contribution in [-0.4, -0.2) is 11.6 Å². The highest BCUT2D eigenvalue weighted by molar-refractivity contribution is 5.65. The fourth-order valence-corrected chi connectivity index (χ4v) is 0.184. The molecule has 62 valence electrons. The van der Waals surface area contributed by atoms with Gasteiger partial charge in [0, 0.05) is 6.92 Å². The van der Waals surface area contributed by atoms with Gasteiger partial charge in [-0.2, -0.15) is 4.89 Å². The number of rotatable bonds is 1. The first-order valence-corrected chi connectivity index (χ1v) is 2.78. The van der Waals surface area contributed by atoms with Gasteiger partial charge < -0.3 is 0 Å². The molecular weight excluding hydrogens is 132 g/mol. The molecule has 3 heteroatoms. The van der Waals surface area contributed by atoms with Crippen LogP contribution in [-0.2, 0) is 14.6 Å². The van der Waals surface area contributed by atoms with Crippen molar-refractivity contribution in [2.75, 3.05) is 0 Å². The Labute approximate surface area is 62.3 Å². The van der Waals surface area contributed by atoms with Crippen molar-refractivity contribution in [3.8, 4) is 0 Å². The van der Waals surface area contributed by atoms with Crippen molar-refractivity contribution in [1.29, 1.82) is 0 Å². The predicted octanol–water partition coefficient (Wildman–Crippen LogP) is 1.92. The summed E-state index contributed by atoms with van der Waals surface area (Å²) in [5, 5.41) is 0. The lowest BCUT2D eigenvalue weighted by Crippen LogP contribution is -2.20. The molecule has 3 nitrogen and oxygen atoms in total. The molecule has 0 bridgehead atoms. The zero-order valence-corrected chi connectivity index (χ0v) is 6.22. The second-order valence-electron chi connectivity index (χ2n) is 2.77. The molecule has 0 aromatic rings. The number of carbonyl (C=O) groups is 1. The molecule has 0 aliphatic heterocycles. The molecule has 0 fully saturated rings. The second-order valence-corrected chi connectivity index (χ2v) is 2.77. The highest BCUT2D eigenvalue weighted by Gasteiger charge is 2.12. The Morgan fingerprint density at radius 1 is 1.30 bits per heavy atom. The summed E-state index contributed by atoms with van der Waals surface area (Å²) in [6.07, 6.45) is 0. The Morgan fingerprint density at radius 3 is 1.80 bits per heavy atom. The van der Waals surface area contributed by atoms with Gasteiger partial charge in [0.2, 0.25) is 0 Å². The lowest BCUT2D eigenvalue weighted by Gasteiger charge is -2.15. The summed E-state index contributed by atoms with van der Waals surface area (Å²) < 4.78 is 0. The van der Waals surface area contributed by atoms with Crippen molar-refractivity contribution in [3.05, 3.63) is 0 Å². The van der Waals surface area contributed by atoms with Crippen molar-refractivity contribution in [2.45, 2.75) is 40.7 Å². The van der Waals surface area contributed by atoms with E-state index in [4.69, 9.17) is 0 Å². The number of carbonyl (C=O) groups excluding carboxylic acids is 1. The van der Waals surface area contributed by atoms with Crippen molar-refractivity contribution in [3.63, 3.8) is 0 Å². The molecule has 0 N–H and O–H groups in total. The minimum Gasteiger partial charge on any atom is -0.298 e. The molecule has 0 amide bonds. The first-order valence-electron chi connectivity index (χ1n) is 2.78. The van der Waals surface area contributed by atoms with Crippen LogP contribution in [0.15, 0.2) is 0 Å². The van der Waals surface area contributed by atoms with Gasteiger partial charge in [-0.3, -0.25) is 4.89 Å². The maximum Gasteiger partial charge on any atom is 0.339 e. The molecular formula is C7H16O3. The van der Waals surface area contributed by atoms with E-state index < -0.39 is 11.6 Å². The van der Waals surface area contributed by atoms with Gasteiger partial charge in [-0.25, -0.2) is 4.79 Å². The van der Waals surface area contributed by atoms with Crippen molar-refractivity contribution < 1.29 is 14.6 Å². The maximum atomic E-state index is 10.1. The molecule has 0 rings (SSSR count). The first kappa shape index (κ1) is 12.1. The summed E-state index contributed by atoms with van der Waals surface area (Å²) >= 11 is 0. The van der Waals surface area contributed by atoms with E-state index in [9.17, 15) is 4.79 Å². The Kier molecular flexibility index (Phi) is 5.19. The van der Waals surface area contributed by atoms with Crippen molar-refractivity contribution >= 4 is 5.97 Å². The van der Waals surface area contributed by atoms with E-state index in [2.05, 4.69) is 9.78 Å². The Balaban J connectivity index is 0. The minimum absolute atomic E-state index is 0. The van der Waals surface area contributed by atoms with E-state index in [1.54, 1.807) is 20.8 Å². The lowest BCUT2D eigenvalue weighted by molar-refractivity contribution is -0.318. The van der Waals surface area contributed by atoms with Gasteiger partial charge in [0.05, 0.1) is 0 Å². The van der Waals surface area contributed by atoms with Gasteiger partial charge in [-0.15, -0.1) is 0 Å². The van der Waals surface area contributed by atoms with E-state index in [1.165, 1.54) is 6.92 Å². The molecule has 0 aliphatic carbocycles. The third kappa shape index (κ3) is 10.4. The molecule has 0 aliphatic rings. The zero-order valence-electron chi connectivity index (χ0n) is 6.22. The van der Waals surface area contributed by atoms with Crippen LogP contribution in [0, 0.1) is 0 Å². The molecule has 0 atom stereocenters. The summed E-state index contributed by atoms with van der Waals surface area (Å²) in [5.41, 5.74) is -0.411. The zero-order chi connectivity index (χ0) is 7.49. The normalized spacial score (nSPS) is 10.0. The average Bonchev–Trinajstić information content (AvgIpc) is 1.59.